The minimum absolute atomic E-state index is 0.148. The van der Waals surface area contributed by atoms with Crippen LogP contribution in [0.1, 0.15) is 16.1 Å². The smallest absolute Gasteiger partial charge is 0.342 e. The molecule has 0 bridgehead atoms. The van der Waals surface area contributed by atoms with Crippen molar-refractivity contribution in [1.82, 2.24) is 14.8 Å². The Morgan fingerprint density at radius 1 is 1.21 bits per heavy atom. The number of hydrogen-bond acceptors (Lipinski definition) is 7. The van der Waals surface area contributed by atoms with Gasteiger partial charge < -0.3 is 10.1 Å². The average Bonchev–Trinajstić information content (AvgIpc) is 3.08. The van der Waals surface area contributed by atoms with Crippen molar-refractivity contribution in [3.63, 3.8) is 0 Å². The third-order valence-electron chi connectivity index (χ3n) is 3.88. The second-order valence-corrected chi connectivity index (χ2v) is 7.50. The van der Waals surface area contributed by atoms with Crippen LogP contribution in [-0.2, 0) is 19.6 Å². The number of carbonyl (C=O) groups excluding carboxylic acids is 2. The summed E-state index contributed by atoms with van der Waals surface area (Å²) in [5, 5.41) is 11.6. The van der Waals surface area contributed by atoms with Crippen molar-refractivity contribution in [2.24, 2.45) is 5.14 Å². The molecule has 3 rings (SSSR count). The molecule has 3 N–H and O–H groups in total. The van der Waals surface area contributed by atoms with Gasteiger partial charge in [-0.2, -0.15) is 5.10 Å². The molecule has 0 aliphatic rings. The molecule has 0 aliphatic carbocycles. The van der Waals surface area contributed by atoms with Crippen molar-refractivity contribution in [1.29, 1.82) is 0 Å². The molecule has 3 aromatic rings. The monoisotopic (exact) mass is 415 g/mol. The molecule has 0 fully saturated rings. The van der Waals surface area contributed by atoms with Crippen LogP contribution in [0.3, 0.4) is 0 Å². The molecule has 0 aliphatic heterocycles. The van der Waals surface area contributed by atoms with E-state index in [1.165, 1.54) is 35.1 Å². The van der Waals surface area contributed by atoms with E-state index in [1.54, 1.807) is 31.3 Å². The highest BCUT2D eigenvalue weighted by Gasteiger charge is 2.18. The van der Waals surface area contributed by atoms with E-state index < -0.39 is 28.5 Å². The summed E-state index contributed by atoms with van der Waals surface area (Å²) in [7, 11) is -3.90. The van der Waals surface area contributed by atoms with Crippen LogP contribution in [0.25, 0.3) is 5.82 Å². The largest absolute Gasteiger partial charge is 0.452 e. The zero-order chi connectivity index (χ0) is 21.0. The van der Waals surface area contributed by atoms with E-state index in [4.69, 9.17) is 9.88 Å². The molecule has 1 amide bonds. The maximum absolute atomic E-state index is 12.3. The fraction of sp³-hybridized carbons (Fsp3) is 0.111. The van der Waals surface area contributed by atoms with Gasteiger partial charge in [-0.3, -0.25) is 4.79 Å². The van der Waals surface area contributed by atoms with Gasteiger partial charge in [0.15, 0.2) is 12.4 Å². The van der Waals surface area contributed by atoms with Crippen LogP contribution in [0.15, 0.2) is 59.8 Å². The van der Waals surface area contributed by atoms with Crippen LogP contribution in [0.5, 0.6) is 0 Å². The zero-order valence-corrected chi connectivity index (χ0v) is 16.1. The molecule has 0 atom stereocenters. The van der Waals surface area contributed by atoms with E-state index in [1.807, 2.05) is 0 Å². The number of rotatable bonds is 6. The molecule has 29 heavy (non-hydrogen) atoms. The number of ether oxygens (including phenoxy) is 1. The summed E-state index contributed by atoms with van der Waals surface area (Å²) in [6, 6.07) is 10.7. The summed E-state index contributed by atoms with van der Waals surface area (Å²) in [6.45, 7) is 1.11. The second-order valence-electron chi connectivity index (χ2n) is 5.94. The Morgan fingerprint density at radius 3 is 2.69 bits per heavy atom. The number of benzene rings is 1. The molecular formula is C18H17N5O5S. The minimum Gasteiger partial charge on any atom is -0.452 e. The standard InChI is InChI=1S/C18H17N5O5S/c1-12-15(10-21-23(12)16-7-2-3-8-20-16)18(25)28-11-17(24)22-13-5-4-6-14(9-13)29(19,26)27/h2-10H,11H2,1H3,(H,22,24)(H2,19,26,27). The van der Waals surface area contributed by atoms with Crippen molar-refractivity contribution in [3.8, 4) is 5.82 Å². The fourth-order valence-corrected chi connectivity index (χ4v) is 3.04. The molecule has 11 heteroatoms. The van der Waals surface area contributed by atoms with Crippen LogP contribution in [0.2, 0.25) is 0 Å². The molecule has 2 heterocycles. The summed E-state index contributed by atoms with van der Waals surface area (Å²) < 4.78 is 29.2. The first-order valence-corrected chi connectivity index (χ1v) is 9.86. The summed E-state index contributed by atoms with van der Waals surface area (Å²) >= 11 is 0. The van der Waals surface area contributed by atoms with E-state index in [9.17, 15) is 18.0 Å². The van der Waals surface area contributed by atoms with Gasteiger partial charge in [0.05, 0.1) is 16.8 Å². The van der Waals surface area contributed by atoms with Gasteiger partial charge in [-0.05, 0) is 37.3 Å². The van der Waals surface area contributed by atoms with Gasteiger partial charge in [-0.25, -0.2) is 28.0 Å². The van der Waals surface area contributed by atoms with Crippen molar-refractivity contribution in [2.45, 2.75) is 11.8 Å². The number of amides is 1. The molecule has 150 valence electrons. The number of pyridine rings is 1. The van der Waals surface area contributed by atoms with Crippen molar-refractivity contribution in [3.05, 3.63) is 66.1 Å². The Kier molecular flexibility index (Phi) is 5.71. The highest BCUT2D eigenvalue weighted by molar-refractivity contribution is 7.89. The maximum Gasteiger partial charge on any atom is 0.342 e. The van der Waals surface area contributed by atoms with Gasteiger partial charge in [-0.15, -0.1) is 0 Å². The van der Waals surface area contributed by atoms with E-state index in [-0.39, 0.29) is 16.1 Å². The number of nitrogens with one attached hydrogen (secondary N) is 1. The second kappa shape index (κ2) is 8.20. The van der Waals surface area contributed by atoms with Gasteiger partial charge in [0.2, 0.25) is 10.0 Å². The molecule has 0 saturated carbocycles. The Morgan fingerprint density at radius 2 is 2.00 bits per heavy atom. The lowest BCUT2D eigenvalue weighted by atomic mass is 10.2. The number of esters is 1. The topological polar surface area (TPSA) is 146 Å². The van der Waals surface area contributed by atoms with Gasteiger partial charge in [-0.1, -0.05) is 12.1 Å². The lowest BCUT2D eigenvalue weighted by Crippen LogP contribution is -2.21. The van der Waals surface area contributed by atoms with Crippen LogP contribution >= 0.6 is 0 Å². The average molecular weight is 415 g/mol. The van der Waals surface area contributed by atoms with Crippen molar-refractivity contribution >= 4 is 27.6 Å². The Bertz CT molecular complexity index is 1160. The predicted octanol–water partition coefficient (Wildman–Crippen LogP) is 1.02. The highest BCUT2D eigenvalue weighted by atomic mass is 32.2. The van der Waals surface area contributed by atoms with Gasteiger partial charge in [0, 0.05) is 11.9 Å². The highest BCUT2D eigenvalue weighted by Crippen LogP contribution is 2.15. The Labute approximate surface area is 166 Å². The Hall–Kier alpha value is -3.57. The van der Waals surface area contributed by atoms with Crippen LogP contribution in [0.4, 0.5) is 5.69 Å². The van der Waals surface area contributed by atoms with Gasteiger partial charge in [0.1, 0.15) is 5.56 Å². The number of aromatic nitrogens is 3. The first-order chi connectivity index (χ1) is 13.8. The first-order valence-electron chi connectivity index (χ1n) is 8.31. The molecular weight excluding hydrogens is 398 g/mol. The third kappa shape index (κ3) is 4.83. The first kappa shape index (κ1) is 20.2. The maximum atomic E-state index is 12.3. The number of anilines is 1. The van der Waals surface area contributed by atoms with Gasteiger partial charge in [0.25, 0.3) is 5.91 Å². The van der Waals surface area contributed by atoms with Crippen LogP contribution in [-0.4, -0.2) is 41.7 Å². The summed E-state index contributed by atoms with van der Waals surface area (Å²) in [5.41, 5.74) is 0.909. The van der Waals surface area contributed by atoms with Crippen LogP contribution < -0.4 is 10.5 Å². The SMILES string of the molecule is Cc1c(C(=O)OCC(=O)Nc2cccc(S(N)(=O)=O)c2)cnn1-c1ccccn1. The normalized spacial score (nSPS) is 11.1. The van der Waals surface area contributed by atoms with Gasteiger partial charge >= 0.3 is 5.97 Å². The van der Waals surface area contributed by atoms with Crippen molar-refractivity contribution in [2.75, 3.05) is 11.9 Å². The third-order valence-corrected chi connectivity index (χ3v) is 4.79. The number of hydrogen-bond donors (Lipinski definition) is 2. The van der Waals surface area contributed by atoms with E-state index in [0.29, 0.717) is 11.5 Å². The lowest BCUT2D eigenvalue weighted by Gasteiger charge is -2.08. The van der Waals surface area contributed by atoms with Crippen LogP contribution in [0, 0.1) is 6.92 Å². The molecule has 2 aromatic heterocycles. The summed E-state index contributed by atoms with van der Waals surface area (Å²) in [6.07, 6.45) is 2.93. The number of nitrogens with zero attached hydrogens (tertiary/aromatic N) is 3. The predicted molar refractivity (Wildman–Crippen MR) is 103 cm³/mol. The Balaban J connectivity index is 1.63. The minimum atomic E-state index is -3.90. The van der Waals surface area contributed by atoms with Crippen molar-refractivity contribution < 1.29 is 22.7 Å². The van der Waals surface area contributed by atoms with E-state index in [2.05, 4.69) is 15.4 Å². The summed E-state index contributed by atoms with van der Waals surface area (Å²) in [5.74, 6) is -0.825. The number of carbonyl (C=O) groups is 2. The molecule has 0 saturated heterocycles. The number of sulfonamides is 1. The molecule has 0 unspecified atom stereocenters. The van der Waals surface area contributed by atoms with E-state index in [0.717, 1.165) is 0 Å². The van der Waals surface area contributed by atoms with E-state index >= 15 is 0 Å². The molecule has 0 spiro atoms. The number of nitrogens with two attached hydrogens (primary N) is 1. The molecule has 10 nitrogen and oxygen atoms in total. The fourth-order valence-electron chi connectivity index (χ4n) is 2.48. The quantitative estimate of drug-likeness (QED) is 0.571. The zero-order valence-electron chi connectivity index (χ0n) is 15.3. The lowest BCUT2D eigenvalue weighted by molar-refractivity contribution is -0.119. The summed E-state index contributed by atoms with van der Waals surface area (Å²) in [4.78, 5) is 28.3. The molecule has 1 aromatic carbocycles. The number of primary sulfonamides is 1. The molecule has 0 radical (unpaired) electrons.